The van der Waals surface area contributed by atoms with Gasteiger partial charge in [-0.05, 0) is 38.0 Å². The van der Waals surface area contributed by atoms with Crippen LogP contribution in [-0.4, -0.2) is 129 Å². The first-order valence-electron chi connectivity index (χ1n) is 14.8. The molecule has 41 heavy (non-hydrogen) atoms. The van der Waals surface area contributed by atoms with Crippen LogP contribution in [0.5, 0.6) is 0 Å². The van der Waals surface area contributed by atoms with Gasteiger partial charge in [-0.15, -0.1) is 0 Å². The molecule has 1 unspecified atom stereocenters. The molecular formula is C30H42N6O5. The Morgan fingerprint density at radius 2 is 1.93 bits per heavy atom. The molecule has 2 aromatic rings. The summed E-state index contributed by atoms with van der Waals surface area (Å²) in [6, 6.07) is 4.64. The van der Waals surface area contributed by atoms with Gasteiger partial charge in [0.15, 0.2) is 6.10 Å². The Morgan fingerprint density at radius 3 is 2.56 bits per heavy atom. The number of likely N-dealkylation sites (tertiary alicyclic amines) is 1. The molecule has 0 saturated carbocycles. The molecule has 3 fully saturated rings. The molecule has 6 rings (SSSR count). The van der Waals surface area contributed by atoms with E-state index in [1.807, 2.05) is 17.8 Å². The number of allylic oxidation sites excluding steroid dienone is 1. The zero-order chi connectivity index (χ0) is 28.4. The molecular weight excluding hydrogens is 524 g/mol. The van der Waals surface area contributed by atoms with E-state index in [1.165, 1.54) is 0 Å². The van der Waals surface area contributed by atoms with E-state index in [1.54, 1.807) is 12.0 Å². The average molecular weight is 567 g/mol. The van der Waals surface area contributed by atoms with Crippen LogP contribution in [0.25, 0.3) is 5.52 Å². The van der Waals surface area contributed by atoms with E-state index in [0.717, 1.165) is 68.1 Å². The predicted octanol–water partition coefficient (Wildman–Crippen LogP) is 2.48. The lowest BCUT2D eigenvalue weighted by molar-refractivity contribution is -0.104. The highest BCUT2D eigenvalue weighted by Gasteiger charge is 2.42. The molecule has 0 N–H and O–H groups in total. The highest BCUT2D eigenvalue weighted by molar-refractivity contribution is 6.10. The van der Waals surface area contributed by atoms with Gasteiger partial charge in [0.2, 0.25) is 0 Å². The summed E-state index contributed by atoms with van der Waals surface area (Å²) in [4.78, 5) is 24.1. The fourth-order valence-electron chi connectivity index (χ4n) is 6.50. The minimum Gasteiger partial charge on any atom is -0.441 e. The Kier molecular flexibility index (Phi) is 8.30. The van der Waals surface area contributed by atoms with Gasteiger partial charge in [0.05, 0.1) is 42.3 Å². The van der Waals surface area contributed by atoms with Crippen LogP contribution in [0, 0.1) is 5.92 Å². The fraction of sp³-hybridized carbons (Fsp3) is 0.633. The number of ether oxygens (including phenoxy) is 4. The maximum absolute atomic E-state index is 12.4. The number of piperazine rings is 1. The number of dihydropyridines is 1. The number of hydrogen-bond acceptors (Lipinski definition) is 9. The smallest absolute Gasteiger partial charge is 0.410 e. The van der Waals surface area contributed by atoms with E-state index in [4.69, 9.17) is 23.9 Å². The normalized spacial score (nSPS) is 24.3. The quantitative estimate of drug-likeness (QED) is 0.481. The molecule has 6 heterocycles. The van der Waals surface area contributed by atoms with Crippen LogP contribution < -0.4 is 4.90 Å². The van der Waals surface area contributed by atoms with Crippen molar-refractivity contribution in [2.24, 2.45) is 10.9 Å². The molecule has 3 saturated heterocycles. The van der Waals surface area contributed by atoms with Gasteiger partial charge >= 0.3 is 6.09 Å². The summed E-state index contributed by atoms with van der Waals surface area (Å²) in [6.07, 6.45) is 9.96. The number of rotatable bonds is 8. The largest absolute Gasteiger partial charge is 0.441 e. The van der Waals surface area contributed by atoms with Gasteiger partial charge in [-0.1, -0.05) is 6.08 Å². The molecule has 0 bridgehead atoms. The lowest BCUT2D eigenvalue weighted by Gasteiger charge is -2.46. The highest BCUT2D eigenvalue weighted by Crippen LogP contribution is 2.37. The van der Waals surface area contributed by atoms with Crippen molar-refractivity contribution in [3.8, 4) is 0 Å². The van der Waals surface area contributed by atoms with Crippen LogP contribution in [0.2, 0.25) is 0 Å². The van der Waals surface area contributed by atoms with Gasteiger partial charge < -0.3 is 28.7 Å². The number of anilines is 1. The van der Waals surface area contributed by atoms with Gasteiger partial charge in [0.1, 0.15) is 0 Å². The molecule has 0 spiro atoms. The maximum Gasteiger partial charge on any atom is 0.410 e. The SMILES string of the molecule is COC[C@H](C)N1CCC(OC)(C2C=CC(c3cc4c(N5CCN(C(=O)OC6COC6)CC5)ccnn4c3)=NC2)CC1. The third-order valence-electron chi connectivity index (χ3n) is 9.24. The summed E-state index contributed by atoms with van der Waals surface area (Å²) in [5.41, 5.74) is 3.99. The number of fused-ring (bicyclic) bond motifs is 1. The monoisotopic (exact) mass is 566 g/mol. The Labute approximate surface area is 241 Å². The minimum atomic E-state index is -0.246. The molecule has 222 valence electrons. The number of aliphatic imine (C=N–C) groups is 1. The first-order valence-corrected chi connectivity index (χ1v) is 14.8. The van der Waals surface area contributed by atoms with Gasteiger partial charge in [-0.25, -0.2) is 9.31 Å². The summed E-state index contributed by atoms with van der Waals surface area (Å²) >= 11 is 0. The molecule has 0 aliphatic carbocycles. The van der Waals surface area contributed by atoms with Crippen molar-refractivity contribution in [2.75, 3.05) is 84.8 Å². The van der Waals surface area contributed by atoms with Crippen molar-refractivity contribution in [3.63, 3.8) is 0 Å². The van der Waals surface area contributed by atoms with Crippen molar-refractivity contribution in [2.45, 2.75) is 37.5 Å². The lowest BCUT2D eigenvalue weighted by Crippen LogP contribution is -2.53. The van der Waals surface area contributed by atoms with Crippen molar-refractivity contribution in [1.82, 2.24) is 19.4 Å². The first kappa shape index (κ1) is 28.1. The van der Waals surface area contributed by atoms with Gasteiger partial charge in [-0.3, -0.25) is 9.89 Å². The summed E-state index contributed by atoms with van der Waals surface area (Å²) in [5, 5.41) is 4.57. The number of carbonyl (C=O) groups excluding carboxylic acids is 1. The summed E-state index contributed by atoms with van der Waals surface area (Å²) < 4.78 is 24.1. The number of carbonyl (C=O) groups is 1. The molecule has 11 heteroatoms. The van der Waals surface area contributed by atoms with Crippen molar-refractivity contribution in [1.29, 1.82) is 0 Å². The van der Waals surface area contributed by atoms with E-state index < -0.39 is 0 Å². The first-order chi connectivity index (χ1) is 20.0. The van der Waals surface area contributed by atoms with Gasteiger partial charge in [-0.2, -0.15) is 5.10 Å². The third-order valence-corrected chi connectivity index (χ3v) is 9.24. The number of nitrogens with zero attached hydrogens (tertiary/aromatic N) is 6. The van der Waals surface area contributed by atoms with E-state index >= 15 is 0 Å². The molecule has 2 atom stereocenters. The van der Waals surface area contributed by atoms with Crippen LogP contribution in [0.4, 0.5) is 10.5 Å². The van der Waals surface area contributed by atoms with E-state index in [0.29, 0.717) is 38.9 Å². The third kappa shape index (κ3) is 5.73. The van der Waals surface area contributed by atoms with Crippen molar-refractivity contribution >= 4 is 23.0 Å². The van der Waals surface area contributed by atoms with Gasteiger partial charge in [0, 0.05) is 89.9 Å². The Morgan fingerprint density at radius 1 is 1.15 bits per heavy atom. The molecule has 0 radical (unpaired) electrons. The Hall–Kier alpha value is -2.99. The van der Waals surface area contributed by atoms with Crippen LogP contribution in [-0.2, 0) is 18.9 Å². The highest BCUT2D eigenvalue weighted by atomic mass is 16.6. The second-order valence-electron chi connectivity index (χ2n) is 11.6. The van der Waals surface area contributed by atoms with Gasteiger partial charge in [0.25, 0.3) is 0 Å². The summed E-state index contributed by atoms with van der Waals surface area (Å²) in [5.74, 6) is 0.252. The van der Waals surface area contributed by atoms with Crippen molar-refractivity contribution in [3.05, 3.63) is 42.2 Å². The topological polar surface area (TPSA) is 93.4 Å². The van der Waals surface area contributed by atoms with E-state index in [9.17, 15) is 4.79 Å². The Bertz CT molecular complexity index is 1270. The van der Waals surface area contributed by atoms with E-state index in [2.05, 4.69) is 52.3 Å². The number of methoxy groups -OCH3 is 2. The second kappa shape index (κ2) is 12.1. The number of piperidine rings is 1. The van der Waals surface area contributed by atoms with Crippen LogP contribution >= 0.6 is 0 Å². The molecule has 1 amide bonds. The zero-order valence-electron chi connectivity index (χ0n) is 24.4. The number of hydrogen-bond donors (Lipinski definition) is 0. The molecule has 4 aliphatic rings. The number of amides is 1. The maximum atomic E-state index is 12.4. The second-order valence-corrected chi connectivity index (χ2v) is 11.6. The molecule has 11 nitrogen and oxygen atoms in total. The zero-order valence-corrected chi connectivity index (χ0v) is 24.4. The van der Waals surface area contributed by atoms with E-state index in [-0.39, 0.29) is 23.7 Å². The van der Waals surface area contributed by atoms with Crippen LogP contribution in [0.3, 0.4) is 0 Å². The van der Waals surface area contributed by atoms with Crippen molar-refractivity contribution < 1.29 is 23.7 Å². The predicted molar refractivity (Wildman–Crippen MR) is 156 cm³/mol. The number of aromatic nitrogens is 2. The average Bonchev–Trinajstić information content (AvgIpc) is 3.44. The molecule has 4 aliphatic heterocycles. The lowest BCUT2D eigenvalue weighted by atomic mass is 9.77. The summed E-state index contributed by atoms with van der Waals surface area (Å²) in [6.45, 7) is 9.41. The molecule has 0 aromatic carbocycles. The molecule has 2 aromatic heterocycles. The fourth-order valence-corrected chi connectivity index (χ4v) is 6.50. The Balaban J connectivity index is 1.10. The van der Waals surface area contributed by atoms with Crippen LogP contribution in [0.15, 0.2) is 41.7 Å². The minimum absolute atomic E-state index is 0.102. The standard InChI is InChI=1S/C30H42N6O5/c1-22(19-38-2)33-10-7-30(39-3,8-11-33)24-4-5-26(31-17-24)23-16-28-27(6-9-32-36(28)18-23)34-12-14-35(15-13-34)29(37)41-25-20-40-21-25/h4-6,9,16,18,22,24-25H,7-8,10-15,17,19-21H2,1-3H3/t22-,24?/m0/s1. The van der Waals surface area contributed by atoms with Crippen LogP contribution in [0.1, 0.15) is 25.3 Å². The summed E-state index contributed by atoms with van der Waals surface area (Å²) in [7, 11) is 3.61.